The van der Waals surface area contributed by atoms with Gasteiger partial charge in [-0.3, -0.25) is 4.90 Å². The standard InChI is InChI=1S/C13H22N2S/c1-12-4-2-9-15(12)10-8-14-7-6-13-5-3-11-16-13/h3,5,11-12,14H,2,4,6-10H2,1H3. The van der Waals surface area contributed by atoms with E-state index in [1.165, 1.54) is 37.2 Å². The Morgan fingerprint density at radius 1 is 1.50 bits per heavy atom. The van der Waals surface area contributed by atoms with Crippen molar-refractivity contribution >= 4 is 11.3 Å². The molecule has 1 unspecified atom stereocenters. The molecule has 1 N–H and O–H groups in total. The average molecular weight is 238 g/mol. The summed E-state index contributed by atoms with van der Waals surface area (Å²) < 4.78 is 0. The molecule has 2 heterocycles. The minimum atomic E-state index is 0.805. The smallest absolute Gasteiger partial charge is 0.0110 e. The van der Waals surface area contributed by atoms with Crippen LogP contribution in [0, 0.1) is 0 Å². The number of likely N-dealkylation sites (tertiary alicyclic amines) is 1. The van der Waals surface area contributed by atoms with Gasteiger partial charge in [0.2, 0.25) is 0 Å². The molecular formula is C13H22N2S. The summed E-state index contributed by atoms with van der Waals surface area (Å²) >= 11 is 1.86. The molecule has 0 saturated carbocycles. The van der Waals surface area contributed by atoms with Crippen LogP contribution in [-0.4, -0.2) is 37.1 Å². The predicted octanol–water partition coefficient (Wildman–Crippen LogP) is 2.36. The highest BCUT2D eigenvalue weighted by Gasteiger charge is 2.18. The van der Waals surface area contributed by atoms with Gasteiger partial charge in [0.05, 0.1) is 0 Å². The van der Waals surface area contributed by atoms with Gasteiger partial charge in [-0.05, 0) is 44.2 Å². The molecular weight excluding hydrogens is 216 g/mol. The van der Waals surface area contributed by atoms with Crippen LogP contribution in [0.5, 0.6) is 0 Å². The first kappa shape index (κ1) is 12.1. The Hall–Kier alpha value is -0.380. The first-order valence-corrected chi connectivity index (χ1v) is 7.21. The van der Waals surface area contributed by atoms with Crippen LogP contribution in [0.1, 0.15) is 24.6 Å². The van der Waals surface area contributed by atoms with E-state index >= 15 is 0 Å². The van der Waals surface area contributed by atoms with Crippen LogP contribution in [-0.2, 0) is 6.42 Å². The normalized spacial score (nSPS) is 21.7. The number of rotatable bonds is 6. The quantitative estimate of drug-likeness (QED) is 0.765. The summed E-state index contributed by atoms with van der Waals surface area (Å²) in [6.45, 7) is 7.11. The zero-order valence-corrected chi connectivity index (χ0v) is 10.9. The van der Waals surface area contributed by atoms with E-state index in [0.717, 1.165) is 19.1 Å². The molecule has 1 aromatic heterocycles. The Labute approximate surface area is 103 Å². The molecule has 0 aromatic carbocycles. The van der Waals surface area contributed by atoms with Gasteiger partial charge in [0.15, 0.2) is 0 Å². The summed E-state index contributed by atoms with van der Waals surface area (Å²) in [7, 11) is 0. The largest absolute Gasteiger partial charge is 0.315 e. The number of nitrogens with zero attached hydrogens (tertiary/aromatic N) is 1. The fraction of sp³-hybridized carbons (Fsp3) is 0.692. The molecule has 3 heteroatoms. The molecule has 2 nitrogen and oxygen atoms in total. The van der Waals surface area contributed by atoms with Crippen LogP contribution in [0.2, 0.25) is 0 Å². The van der Waals surface area contributed by atoms with E-state index < -0.39 is 0 Å². The molecule has 2 rings (SSSR count). The molecule has 1 fully saturated rings. The highest BCUT2D eigenvalue weighted by atomic mass is 32.1. The lowest BCUT2D eigenvalue weighted by molar-refractivity contribution is 0.269. The molecule has 1 aliphatic heterocycles. The molecule has 0 radical (unpaired) electrons. The van der Waals surface area contributed by atoms with E-state index in [9.17, 15) is 0 Å². The number of hydrogen-bond donors (Lipinski definition) is 1. The summed E-state index contributed by atoms with van der Waals surface area (Å²) in [5, 5.41) is 5.69. The third kappa shape index (κ3) is 3.58. The van der Waals surface area contributed by atoms with Gasteiger partial charge >= 0.3 is 0 Å². The van der Waals surface area contributed by atoms with Crippen molar-refractivity contribution < 1.29 is 0 Å². The van der Waals surface area contributed by atoms with Gasteiger partial charge in [-0.15, -0.1) is 11.3 Å². The van der Waals surface area contributed by atoms with Gasteiger partial charge in [0.25, 0.3) is 0 Å². The second kappa shape index (κ2) is 6.38. The molecule has 0 bridgehead atoms. The van der Waals surface area contributed by atoms with Gasteiger partial charge in [-0.25, -0.2) is 0 Å². The van der Waals surface area contributed by atoms with Crippen molar-refractivity contribution in [2.75, 3.05) is 26.2 Å². The van der Waals surface area contributed by atoms with E-state index in [-0.39, 0.29) is 0 Å². The Kier molecular flexibility index (Phi) is 4.82. The Balaban J connectivity index is 1.52. The first-order valence-electron chi connectivity index (χ1n) is 6.33. The van der Waals surface area contributed by atoms with Crippen LogP contribution in [0.25, 0.3) is 0 Å². The Morgan fingerprint density at radius 2 is 2.44 bits per heavy atom. The zero-order valence-electron chi connectivity index (χ0n) is 10.1. The minimum Gasteiger partial charge on any atom is -0.315 e. The van der Waals surface area contributed by atoms with Gasteiger partial charge < -0.3 is 5.32 Å². The molecule has 0 amide bonds. The van der Waals surface area contributed by atoms with Crippen molar-refractivity contribution in [3.05, 3.63) is 22.4 Å². The molecule has 16 heavy (non-hydrogen) atoms. The lowest BCUT2D eigenvalue weighted by Crippen LogP contribution is -2.34. The van der Waals surface area contributed by atoms with E-state index in [1.807, 2.05) is 11.3 Å². The summed E-state index contributed by atoms with van der Waals surface area (Å²) in [5.74, 6) is 0. The highest BCUT2D eigenvalue weighted by molar-refractivity contribution is 7.09. The van der Waals surface area contributed by atoms with Gasteiger partial charge in [0.1, 0.15) is 0 Å². The van der Waals surface area contributed by atoms with Crippen molar-refractivity contribution in [2.24, 2.45) is 0 Å². The lowest BCUT2D eigenvalue weighted by Gasteiger charge is -2.20. The summed E-state index contributed by atoms with van der Waals surface area (Å²) in [5.41, 5.74) is 0. The molecule has 1 atom stereocenters. The molecule has 1 aliphatic rings. The molecule has 0 spiro atoms. The van der Waals surface area contributed by atoms with Crippen LogP contribution >= 0.6 is 11.3 Å². The minimum absolute atomic E-state index is 0.805. The van der Waals surface area contributed by atoms with Gasteiger partial charge in [0, 0.05) is 30.6 Å². The average Bonchev–Trinajstić information content (AvgIpc) is 2.90. The third-order valence-corrected chi connectivity index (χ3v) is 4.33. The second-order valence-corrected chi connectivity index (χ2v) is 5.64. The number of thiophene rings is 1. The fourth-order valence-corrected chi connectivity index (χ4v) is 3.05. The van der Waals surface area contributed by atoms with Crippen molar-refractivity contribution in [1.29, 1.82) is 0 Å². The lowest BCUT2D eigenvalue weighted by atomic mass is 10.2. The van der Waals surface area contributed by atoms with Crippen molar-refractivity contribution in [3.63, 3.8) is 0 Å². The molecule has 90 valence electrons. The topological polar surface area (TPSA) is 15.3 Å². The van der Waals surface area contributed by atoms with E-state index in [2.05, 4.69) is 34.7 Å². The van der Waals surface area contributed by atoms with Crippen molar-refractivity contribution in [3.8, 4) is 0 Å². The fourth-order valence-electron chi connectivity index (χ4n) is 2.34. The number of hydrogen-bond acceptors (Lipinski definition) is 3. The molecule has 1 aromatic rings. The van der Waals surface area contributed by atoms with E-state index in [4.69, 9.17) is 0 Å². The predicted molar refractivity (Wildman–Crippen MR) is 71.2 cm³/mol. The highest BCUT2D eigenvalue weighted by Crippen LogP contribution is 2.14. The maximum Gasteiger partial charge on any atom is 0.0110 e. The Bertz CT molecular complexity index is 284. The van der Waals surface area contributed by atoms with E-state index in [0.29, 0.717) is 0 Å². The van der Waals surface area contributed by atoms with Crippen LogP contribution < -0.4 is 5.32 Å². The van der Waals surface area contributed by atoms with Gasteiger partial charge in [-0.2, -0.15) is 0 Å². The molecule has 1 saturated heterocycles. The van der Waals surface area contributed by atoms with Crippen LogP contribution in [0.3, 0.4) is 0 Å². The number of nitrogens with one attached hydrogen (secondary N) is 1. The molecule has 0 aliphatic carbocycles. The van der Waals surface area contributed by atoms with E-state index in [1.54, 1.807) is 0 Å². The summed E-state index contributed by atoms with van der Waals surface area (Å²) in [6.07, 6.45) is 3.94. The SMILES string of the molecule is CC1CCCN1CCNCCc1cccs1. The van der Waals surface area contributed by atoms with Crippen LogP contribution in [0.15, 0.2) is 17.5 Å². The van der Waals surface area contributed by atoms with Crippen molar-refractivity contribution in [2.45, 2.75) is 32.2 Å². The van der Waals surface area contributed by atoms with Crippen LogP contribution in [0.4, 0.5) is 0 Å². The zero-order chi connectivity index (χ0) is 11.2. The summed E-state index contributed by atoms with van der Waals surface area (Å²) in [6, 6.07) is 5.15. The van der Waals surface area contributed by atoms with Gasteiger partial charge in [-0.1, -0.05) is 6.07 Å². The summed E-state index contributed by atoms with van der Waals surface area (Å²) in [4.78, 5) is 4.08. The van der Waals surface area contributed by atoms with Crippen molar-refractivity contribution in [1.82, 2.24) is 10.2 Å². The maximum absolute atomic E-state index is 3.54. The monoisotopic (exact) mass is 238 g/mol. The Morgan fingerprint density at radius 3 is 3.12 bits per heavy atom. The maximum atomic E-state index is 3.54. The third-order valence-electron chi connectivity index (χ3n) is 3.39. The second-order valence-electron chi connectivity index (χ2n) is 4.61. The first-order chi connectivity index (χ1) is 7.86.